The van der Waals surface area contributed by atoms with Gasteiger partial charge < -0.3 is 11.1 Å². The Morgan fingerprint density at radius 3 is 2.90 bits per heavy atom. The number of likely N-dealkylation sites (tertiary alicyclic amines) is 1. The first-order valence-corrected chi connectivity index (χ1v) is 7.52. The molecule has 1 aliphatic heterocycles. The Kier molecular flexibility index (Phi) is 8.04. The van der Waals surface area contributed by atoms with Crippen molar-refractivity contribution < 1.29 is 4.79 Å². The van der Waals surface area contributed by atoms with Gasteiger partial charge in [0.1, 0.15) is 0 Å². The summed E-state index contributed by atoms with van der Waals surface area (Å²) in [5.41, 5.74) is 6.54. The summed E-state index contributed by atoms with van der Waals surface area (Å²) < 4.78 is 0. The second-order valence-electron chi connectivity index (χ2n) is 5.25. The van der Waals surface area contributed by atoms with Gasteiger partial charge in [-0.25, -0.2) is 0 Å². The quantitative estimate of drug-likeness (QED) is 0.868. The van der Waals surface area contributed by atoms with Crippen LogP contribution in [0.5, 0.6) is 0 Å². The number of nitrogens with two attached hydrogens (primary N) is 1. The first kappa shape index (κ1) is 18.2. The fourth-order valence-corrected chi connectivity index (χ4v) is 2.82. The molecule has 1 aromatic rings. The molecule has 1 saturated heterocycles. The summed E-state index contributed by atoms with van der Waals surface area (Å²) >= 11 is 6.19. The minimum absolute atomic E-state index is 0. The Bertz CT molecular complexity index is 456. The smallest absolute Gasteiger partial charge is 0.224 e. The molecule has 0 aliphatic carbocycles. The van der Waals surface area contributed by atoms with E-state index in [2.05, 4.69) is 10.2 Å². The lowest BCUT2D eigenvalue weighted by Crippen LogP contribution is -2.43. The minimum atomic E-state index is 0. The van der Waals surface area contributed by atoms with Crippen LogP contribution in [0.2, 0.25) is 5.02 Å². The summed E-state index contributed by atoms with van der Waals surface area (Å²) in [4.78, 5) is 14.3. The molecule has 1 fully saturated rings. The lowest BCUT2D eigenvalue weighted by Gasteiger charge is -2.32. The van der Waals surface area contributed by atoms with Gasteiger partial charge in [-0.1, -0.05) is 29.8 Å². The van der Waals surface area contributed by atoms with Gasteiger partial charge in [-0.15, -0.1) is 12.4 Å². The second kappa shape index (κ2) is 9.26. The van der Waals surface area contributed by atoms with Crippen LogP contribution in [0, 0.1) is 5.92 Å². The van der Waals surface area contributed by atoms with E-state index in [0.29, 0.717) is 13.1 Å². The number of amides is 1. The first-order chi connectivity index (χ1) is 9.70. The van der Waals surface area contributed by atoms with E-state index in [1.165, 1.54) is 0 Å². The second-order valence-corrected chi connectivity index (χ2v) is 5.65. The van der Waals surface area contributed by atoms with Gasteiger partial charge in [0.05, 0.1) is 5.92 Å². The lowest BCUT2D eigenvalue weighted by atomic mass is 9.96. The van der Waals surface area contributed by atoms with Gasteiger partial charge >= 0.3 is 0 Å². The van der Waals surface area contributed by atoms with Gasteiger partial charge in [-0.2, -0.15) is 0 Å². The highest BCUT2D eigenvalue weighted by atomic mass is 35.5. The Labute approximate surface area is 137 Å². The topological polar surface area (TPSA) is 58.4 Å². The number of benzene rings is 1. The number of piperidine rings is 1. The molecule has 6 heteroatoms. The average molecular weight is 332 g/mol. The number of rotatable bonds is 5. The maximum atomic E-state index is 12.0. The van der Waals surface area contributed by atoms with E-state index in [1.807, 2.05) is 24.3 Å². The highest BCUT2D eigenvalue weighted by Crippen LogP contribution is 2.22. The van der Waals surface area contributed by atoms with Crippen molar-refractivity contribution in [3.63, 3.8) is 0 Å². The Hall–Kier alpha value is -0.810. The van der Waals surface area contributed by atoms with Crippen molar-refractivity contribution >= 4 is 29.9 Å². The molecule has 1 aliphatic rings. The van der Waals surface area contributed by atoms with Crippen LogP contribution in [0.4, 0.5) is 0 Å². The molecule has 1 atom stereocenters. The highest BCUT2D eigenvalue weighted by molar-refractivity contribution is 6.31. The zero-order valence-corrected chi connectivity index (χ0v) is 13.6. The molecule has 1 aromatic carbocycles. The number of halogens is 2. The predicted molar refractivity (Wildman–Crippen MR) is 88.8 cm³/mol. The van der Waals surface area contributed by atoms with E-state index in [0.717, 1.165) is 43.1 Å². The standard InChI is InChI=1S/C15H22ClN3O.ClH/c16-14-6-2-1-4-12(14)10-19-9-3-5-13(11-19)15(20)18-8-7-17;/h1-2,4,6,13H,3,5,7-11,17H2,(H,18,20);1H. The first-order valence-electron chi connectivity index (χ1n) is 7.14. The highest BCUT2D eigenvalue weighted by Gasteiger charge is 2.25. The van der Waals surface area contributed by atoms with Gasteiger partial charge in [-0.3, -0.25) is 9.69 Å². The fourth-order valence-electron chi connectivity index (χ4n) is 2.62. The molecule has 3 N–H and O–H groups in total. The third kappa shape index (κ3) is 5.47. The SMILES string of the molecule is Cl.NCCNC(=O)C1CCCN(Cc2ccccc2Cl)C1. The van der Waals surface area contributed by atoms with Crippen molar-refractivity contribution in [1.29, 1.82) is 0 Å². The normalized spacial score (nSPS) is 18.9. The van der Waals surface area contributed by atoms with E-state index in [1.54, 1.807) is 0 Å². The Morgan fingerprint density at radius 2 is 2.19 bits per heavy atom. The van der Waals surface area contributed by atoms with Crippen molar-refractivity contribution in [2.75, 3.05) is 26.2 Å². The number of carbonyl (C=O) groups excluding carboxylic acids is 1. The molecule has 0 radical (unpaired) electrons. The maximum Gasteiger partial charge on any atom is 0.224 e. The third-order valence-electron chi connectivity index (χ3n) is 3.67. The predicted octanol–water partition coefficient (Wildman–Crippen LogP) is 2.05. The molecule has 4 nitrogen and oxygen atoms in total. The van der Waals surface area contributed by atoms with Crippen molar-refractivity contribution in [3.05, 3.63) is 34.9 Å². The van der Waals surface area contributed by atoms with E-state index in [-0.39, 0.29) is 24.2 Å². The van der Waals surface area contributed by atoms with Crippen molar-refractivity contribution in [2.24, 2.45) is 11.7 Å². The lowest BCUT2D eigenvalue weighted by molar-refractivity contribution is -0.126. The molecule has 1 heterocycles. The van der Waals surface area contributed by atoms with E-state index < -0.39 is 0 Å². The molecule has 0 spiro atoms. The third-order valence-corrected chi connectivity index (χ3v) is 4.04. The van der Waals surface area contributed by atoms with Gasteiger partial charge in [0, 0.05) is 31.2 Å². The molecule has 0 saturated carbocycles. The van der Waals surface area contributed by atoms with Crippen LogP contribution in [-0.2, 0) is 11.3 Å². The summed E-state index contributed by atoms with van der Waals surface area (Å²) in [7, 11) is 0. The number of hydrogen-bond acceptors (Lipinski definition) is 3. The summed E-state index contributed by atoms with van der Waals surface area (Å²) in [5.74, 6) is 0.192. The van der Waals surface area contributed by atoms with E-state index >= 15 is 0 Å². The Balaban J connectivity index is 0.00000220. The number of hydrogen-bond donors (Lipinski definition) is 2. The van der Waals surface area contributed by atoms with Crippen LogP contribution >= 0.6 is 24.0 Å². The van der Waals surface area contributed by atoms with Crippen LogP contribution in [0.3, 0.4) is 0 Å². The van der Waals surface area contributed by atoms with Gasteiger partial charge in [-0.05, 0) is 31.0 Å². The van der Waals surface area contributed by atoms with Crippen LogP contribution < -0.4 is 11.1 Å². The number of nitrogens with zero attached hydrogens (tertiary/aromatic N) is 1. The van der Waals surface area contributed by atoms with Crippen LogP contribution in [0.15, 0.2) is 24.3 Å². The fraction of sp³-hybridized carbons (Fsp3) is 0.533. The summed E-state index contributed by atoms with van der Waals surface area (Å²) in [6.07, 6.45) is 2.00. The average Bonchev–Trinajstić information content (AvgIpc) is 2.47. The maximum absolute atomic E-state index is 12.0. The summed E-state index contributed by atoms with van der Waals surface area (Å²) in [6, 6.07) is 7.88. The Morgan fingerprint density at radius 1 is 1.43 bits per heavy atom. The van der Waals surface area contributed by atoms with Gasteiger partial charge in [0.2, 0.25) is 5.91 Å². The van der Waals surface area contributed by atoms with Gasteiger partial charge in [0.25, 0.3) is 0 Å². The molecule has 0 aromatic heterocycles. The molecular formula is C15H23Cl2N3O. The molecular weight excluding hydrogens is 309 g/mol. The van der Waals surface area contributed by atoms with Crippen LogP contribution in [-0.4, -0.2) is 37.0 Å². The minimum Gasteiger partial charge on any atom is -0.355 e. The summed E-state index contributed by atoms with van der Waals surface area (Å²) in [5, 5.41) is 3.67. The van der Waals surface area contributed by atoms with Crippen molar-refractivity contribution in [1.82, 2.24) is 10.2 Å². The molecule has 0 bridgehead atoms. The van der Waals surface area contributed by atoms with Crippen molar-refractivity contribution in [3.8, 4) is 0 Å². The van der Waals surface area contributed by atoms with E-state index in [4.69, 9.17) is 17.3 Å². The molecule has 2 rings (SSSR count). The largest absolute Gasteiger partial charge is 0.355 e. The van der Waals surface area contributed by atoms with Crippen LogP contribution in [0.25, 0.3) is 0 Å². The molecule has 21 heavy (non-hydrogen) atoms. The van der Waals surface area contributed by atoms with Crippen LogP contribution in [0.1, 0.15) is 18.4 Å². The van der Waals surface area contributed by atoms with Gasteiger partial charge in [0.15, 0.2) is 0 Å². The molecule has 1 unspecified atom stereocenters. The zero-order valence-electron chi connectivity index (χ0n) is 12.1. The molecule has 118 valence electrons. The van der Waals surface area contributed by atoms with Crippen molar-refractivity contribution in [2.45, 2.75) is 19.4 Å². The number of nitrogens with one attached hydrogen (secondary N) is 1. The monoisotopic (exact) mass is 331 g/mol. The zero-order chi connectivity index (χ0) is 14.4. The molecule has 1 amide bonds. The summed E-state index contributed by atoms with van der Waals surface area (Å²) in [6.45, 7) is 3.66. The van der Waals surface area contributed by atoms with E-state index in [9.17, 15) is 4.79 Å². The number of carbonyl (C=O) groups is 1.